The second-order valence-electron chi connectivity index (χ2n) is 6.13. The highest BCUT2D eigenvalue weighted by molar-refractivity contribution is 5.91. The van der Waals surface area contributed by atoms with E-state index in [0.29, 0.717) is 11.8 Å². The van der Waals surface area contributed by atoms with Gasteiger partial charge < -0.3 is 4.42 Å². The van der Waals surface area contributed by atoms with E-state index in [1.807, 2.05) is 6.07 Å². The number of fused-ring (bicyclic) bond motifs is 2. The zero-order valence-electron chi connectivity index (χ0n) is 12.5. The number of rotatable bonds is 2. The van der Waals surface area contributed by atoms with Crippen LogP contribution in [0.5, 0.6) is 0 Å². The minimum atomic E-state index is -0.264. The smallest absolute Gasteiger partial charge is 0.336 e. The minimum absolute atomic E-state index is 0.264. The van der Waals surface area contributed by atoms with E-state index < -0.39 is 0 Å². The first-order valence-electron chi connectivity index (χ1n) is 7.29. The summed E-state index contributed by atoms with van der Waals surface area (Å²) >= 11 is 0. The van der Waals surface area contributed by atoms with E-state index in [4.69, 9.17) is 4.42 Å². The second-order valence-corrected chi connectivity index (χ2v) is 6.13. The Balaban J connectivity index is 2.54. The Labute approximate surface area is 119 Å². The van der Waals surface area contributed by atoms with Gasteiger partial charge in [-0.3, -0.25) is 0 Å². The summed E-state index contributed by atoms with van der Waals surface area (Å²) < 4.78 is 5.59. The minimum Gasteiger partial charge on any atom is -0.422 e. The Morgan fingerprint density at radius 1 is 1.05 bits per heavy atom. The van der Waals surface area contributed by atoms with Crippen LogP contribution in [0.25, 0.3) is 17.0 Å². The Bertz CT molecular complexity index is 761. The molecule has 0 radical (unpaired) electrons. The van der Waals surface area contributed by atoms with Crippen molar-refractivity contribution in [1.29, 1.82) is 0 Å². The third kappa shape index (κ3) is 1.82. The molecule has 1 aromatic heterocycles. The molecule has 1 aromatic carbocycles. The van der Waals surface area contributed by atoms with E-state index in [1.165, 1.54) is 28.3 Å². The van der Waals surface area contributed by atoms with Crippen LogP contribution in [0, 0.1) is 0 Å². The predicted molar refractivity (Wildman–Crippen MR) is 83.4 cm³/mol. The van der Waals surface area contributed by atoms with Crippen molar-refractivity contribution >= 4 is 17.0 Å². The van der Waals surface area contributed by atoms with Crippen LogP contribution in [0.1, 0.15) is 61.8 Å². The van der Waals surface area contributed by atoms with Gasteiger partial charge in [-0.2, -0.15) is 0 Å². The third-order valence-corrected chi connectivity index (χ3v) is 4.07. The van der Waals surface area contributed by atoms with E-state index in [-0.39, 0.29) is 5.63 Å². The standard InChI is InChI=1S/C18H20O2/c1-10(2)16-12-6-5-7-13(12)17(11(3)4)18-14(16)8-9-15(19)20-18/h5-6,8-11H,7H2,1-4H3. The van der Waals surface area contributed by atoms with Crippen LogP contribution in [0.4, 0.5) is 0 Å². The molecule has 0 spiro atoms. The Morgan fingerprint density at radius 2 is 1.75 bits per heavy atom. The summed E-state index contributed by atoms with van der Waals surface area (Å²) in [6, 6.07) is 3.46. The quantitative estimate of drug-likeness (QED) is 0.744. The Hall–Kier alpha value is -1.83. The number of allylic oxidation sites excluding steroid dienone is 1. The zero-order valence-corrected chi connectivity index (χ0v) is 12.5. The molecular weight excluding hydrogens is 248 g/mol. The molecule has 2 heteroatoms. The summed E-state index contributed by atoms with van der Waals surface area (Å²) in [6.45, 7) is 8.72. The molecule has 0 N–H and O–H groups in total. The van der Waals surface area contributed by atoms with E-state index in [2.05, 4.69) is 39.8 Å². The monoisotopic (exact) mass is 268 g/mol. The van der Waals surface area contributed by atoms with Crippen molar-refractivity contribution in [1.82, 2.24) is 0 Å². The molecule has 1 aliphatic rings. The molecule has 0 atom stereocenters. The first-order valence-corrected chi connectivity index (χ1v) is 7.29. The highest BCUT2D eigenvalue weighted by Crippen LogP contribution is 2.40. The maximum atomic E-state index is 11.7. The summed E-state index contributed by atoms with van der Waals surface area (Å²) in [5.74, 6) is 0.751. The van der Waals surface area contributed by atoms with Gasteiger partial charge in [0.25, 0.3) is 0 Å². The van der Waals surface area contributed by atoms with Crippen LogP contribution in [-0.4, -0.2) is 0 Å². The molecule has 1 aliphatic carbocycles. The molecule has 0 bridgehead atoms. The lowest BCUT2D eigenvalue weighted by molar-refractivity contribution is 0.553. The van der Waals surface area contributed by atoms with Crippen molar-refractivity contribution in [3.05, 3.63) is 50.9 Å². The third-order valence-electron chi connectivity index (χ3n) is 4.07. The number of benzene rings is 1. The SMILES string of the molecule is CC(C)c1c2c(c(C(C)C)c3oc(=O)ccc13)CC=C2. The van der Waals surface area contributed by atoms with Crippen LogP contribution in [0.3, 0.4) is 0 Å². The molecule has 2 nitrogen and oxygen atoms in total. The Kier molecular flexibility index (Phi) is 3.04. The molecule has 0 unspecified atom stereocenters. The average molecular weight is 268 g/mol. The van der Waals surface area contributed by atoms with Gasteiger partial charge >= 0.3 is 5.63 Å². The molecule has 3 rings (SSSR count). The first-order chi connectivity index (χ1) is 9.50. The molecular formula is C18H20O2. The van der Waals surface area contributed by atoms with Gasteiger partial charge in [-0.1, -0.05) is 39.8 Å². The maximum Gasteiger partial charge on any atom is 0.336 e. The molecule has 0 fully saturated rings. The fourth-order valence-electron chi connectivity index (χ4n) is 3.36. The van der Waals surface area contributed by atoms with Crippen LogP contribution < -0.4 is 5.63 Å². The lowest BCUT2D eigenvalue weighted by atomic mass is 9.84. The van der Waals surface area contributed by atoms with Gasteiger partial charge in [0.1, 0.15) is 5.58 Å². The molecule has 2 aromatic rings. The predicted octanol–water partition coefficient (Wildman–Crippen LogP) is 4.61. The Morgan fingerprint density at radius 3 is 2.40 bits per heavy atom. The number of hydrogen-bond donors (Lipinski definition) is 0. The van der Waals surface area contributed by atoms with Crippen LogP contribution in [-0.2, 0) is 6.42 Å². The van der Waals surface area contributed by atoms with E-state index in [0.717, 1.165) is 17.4 Å². The van der Waals surface area contributed by atoms with E-state index in [9.17, 15) is 4.79 Å². The molecule has 104 valence electrons. The van der Waals surface area contributed by atoms with Gasteiger partial charge in [0.05, 0.1) is 0 Å². The van der Waals surface area contributed by atoms with E-state index >= 15 is 0 Å². The van der Waals surface area contributed by atoms with Crippen molar-refractivity contribution in [3.8, 4) is 0 Å². The first kappa shape index (κ1) is 13.2. The van der Waals surface area contributed by atoms with Crippen molar-refractivity contribution in [2.24, 2.45) is 0 Å². The molecule has 0 aliphatic heterocycles. The zero-order chi connectivity index (χ0) is 14.4. The molecule has 20 heavy (non-hydrogen) atoms. The summed E-state index contributed by atoms with van der Waals surface area (Å²) in [5.41, 5.74) is 5.70. The molecule has 0 amide bonds. The highest BCUT2D eigenvalue weighted by Gasteiger charge is 2.24. The normalized spacial score (nSPS) is 13.7. The van der Waals surface area contributed by atoms with Crippen LogP contribution >= 0.6 is 0 Å². The maximum absolute atomic E-state index is 11.7. The largest absolute Gasteiger partial charge is 0.422 e. The second kappa shape index (κ2) is 4.62. The summed E-state index contributed by atoms with van der Waals surface area (Å²) in [4.78, 5) is 11.7. The summed E-state index contributed by atoms with van der Waals surface area (Å²) in [7, 11) is 0. The van der Waals surface area contributed by atoms with Crippen molar-refractivity contribution in [2.45, 2.75) is 46.0 Å². The van der Waals surface area contributed by atoms with Gasteiger partial charge in [-0.25, -0.2) is 4.79 Å². The molecule has 1 heterocycles. The van der Waals surface area contributed by atoms with Gasteiger partial charge in [0, 0.05) is 17.0 Å². The highest BCUT2D eigenvalue weighted by atomic mass is 16.4. The van der Waals surface area contributed by atoms with Crippen LogP contribution in [0.2, 0.25) is 0 Å². The number of hydrogen-bond acceptors (Lipinski definition) is 2. The lowest BCUT2D eigenvalue weighted by Crippen LogP contribution is -2.06. The van der Waals surface area contributed by atoms with Gasteiger partial charge in [-0.05, 0) is 41.0 Å². The van der Waals surface area contributed by atoms with Crippen molar-refractivity contribution in [3.63, 3.8) is 0 Å². The van der Waals surface area contributed by atoms with E-state index in [1.54, 1.807) is 0 Å². The van der Waals surface area contributed by atoms with Crippen molar-refractivity contribution in [2.75, 3.05) is 0 Å². The van der Waals surface area contributed by atoms with Crippen molar-refractivity contribution < 1.29 is 4.42 Å². The van der Waals surface area contributed by atoms with Gasteiger partial charge in [0.15, 0.2) is 0 Å². The lowest BCUT2D eigenvalue weighted by Gasteiger charge is -2.20. The summed E-state index contributed by atoms with van der Waals surface area (Å²) in [6.07, 6.45) is 5.37. The summed E-state index contributed by atoms with van der Waals surface area (Å²) in [5, 5.41) is 1.09. The average Bonchev–Trinajstić information content (AvgIpc) is 2.82. The van der Waals surface area contributed by atoms with Crippen LogP contribution in [0.15, 0.2) is 27.4 Å². The van der Waals surface area contributed by atoms with Gasteiger partial charge in [0.2, 0.25) is 0 Å². The van der Waals surface area contributed by atoms with Gasteiger partial charge in [-0.15, -0.1) is 0 Å². The molecule has 0 saturated carbocycles. The molecule has 0 saturated heterocycles. The topological polar surface area (TPSA) is 30.2 Å². The fourth-order valence-corrected chi connectivity index (χ4v) is 3.36. The fraction of sp³-hybridized carbons (Fsp3) is 0.389.